The molecule has 0 aliphatic carbocycles. The molecule has 46 heavy (non-hydrogen) atoms. The second-order valence-corrected chi connectivity index (χ2v) is 12.6. The average Bonchev–Trinajstić information content (AvgIpc) is 3.72. The quantitative estimate of drug-likeness (QED) is 0.203. The Kier molecular flexibility index (Phi) is 3.96. The van der Waals surface area contributed by atoms with Crippen molar-refractivity contribution in [3.63, 3.8) is 0 Å². The molecule has 12 aromatic rings. The first-order valence-electron chi connectivity index (χ1n) is 15.8. The van der Waals surface area contributed by atoms with Crippen molar-refractivity contribution < 1.29 is 0 Å². The van der Waals surface area contributed by atoms with Gasteiger partial charge in [-0.2, -0.15) is 0 Å². The third-order valence-corrected chi connectivity index (χ3v) is 10.4. The van der Waals surface area contributed by atoms with Gasteiger partial charge in [-0.25, -0.2) is 9.97 Å². The van der Waals surface area contributed by atoms with Gasteiger partial charge in [0.1, 0.15) is 0 Å². The monoisotopic (exact) mass is 582 g/mol. The van der Waals surface area contributed by atoms with Gasteiger partial charge in [0, 0.05) is 48.7 Å². The van der Waals surface area contributed by atoms with Crippen LogP contribution in [0.1, 0.15) is 0 Å². The van der Waals surface area contributed by atoms with E-state index in [1.165, 1.54) is 70.4 Å². The van der Waals surface area contributed by atoms with Crippen molar-refractivity contribution in [3.05, 3.63) is 133 Å². The molecule has 4 nitrogen and oxygen atoms in total. The largest absolute Gasteiger partial charge is 0.307 e. The Hall–Kier alpha value is -6.26. The molecule has 12 rings (SSSR count). The van der Waals surface area contributed by atoms with Crippen LogP contribution in [0.3, 0.4) is 0 Å². The molecule has 0 bridgehead atoms. The van der Waals surface area contributed by atoms with Crippen molar-refractivity contribution in [2.45, 2.75) is 0 Å². The fraction of sp³-hybridized carbons (Fsp3) is 0. The Bertz CT molecular complexity index is 3200. The molecule has 4 heteroatoms. The minimum Gasteiger partial charge on any atom is -0.307 e. The topological polar surface area (TPSA) is 35.1 Å². The molecular formula is C42H22N4. The fourth-order valence-electron chi connectivity index (χ4n) is 8.52. The first-order chi connectivity index (χ1) is 22.8. The van der Waals surface area contributed by atoms with Gasteiger partial charge in [-0.05, 0) is 40.4 Å². The number of nitrogens with zero attached hydrogens (tertiary/aromatic N) is 4. The average molecular weight is 583 g/mol. The Morgan fingerprint density at radius 1 is 0.413 bits per heavy atom. The van der Waals surface area contributed by atoms with Gasteiger partial charge in [-0.1, -0.05) is 109 Å². The molecule has 0 unspecified atom stereocenters. The number of hydrogen-bond donors (Lipinski definition) is 0. The van der Waals surface area contributed by atoms with Crippen LogP contribution in [0.25, 0.3) is 110 Å². The number of aromatic nitrogens is 4. The van der Waals surface area contributed by atoms with Crippen LogP contribution in [0.5, 0.6) is 0 Å². The van der Waals surface area contributed by atoms with E-state index in [1.54, 1.807) is 0 Å². The van der Waals surface area contributed by atoms with Gasteiger partial charge in [-0.15, -0.1) is 0 Å². The van der Waals surface area contributed by atoms with Crippen LogP contribution in [0.2, 0.25) is 0 Å². The standard InChI is InChI=1S/C42H22N4/c1-2-9-24-22-25(19-18-23(24)8-1)38-32-10-3-4-16-33(32)43-42(44-38)45-34-17-7-11-26-27-12-5-13-28-29-14-6-15-30-31-20-21-35(45)37(36(26)34)41(31)46(39(27)28)40(29)30/h1-22H. The lowest BCUT2D eigenvalue weighted by Crippen LogP contribution is -2.03. The maximum atomic E-state index is 5.41. The summed E-state index contributed by atoms with van der Waals surface area (Å²) in [4.78, 5) is 10.7. The van der Waals surface area contributed by atoms with Gasteiger partial charge < -0.3 is 4.40 Å². The van der Waals surface area contributed by atoms with Crippen LogP contribution in [0.15, 0.2) is 133 Å². The van der Waals surface area contributed by atoms with E-state index in [0.717, 1.165) is 33.2 Å². The van der Waals surface area contributed by atoms with Crippen molar-refractivity contribution in [2.75, 3.05) is 0 Å². The zero-order chi connectivity index (χ0) is 29.7. The van der Waals surface area contributed by atoms with Crippen molar-refractivity contribution in [1.29, 1.82) is 0 Å². The highest BCUT2D eigenvalue weighted by Crippen LogP contribution is 2.49. The molecule has 0 amide bonds. The lowest BCUT2D eigenvalue weighted by molar-refractivity contribution is 1.01. The van der Waals surface area contributed by atoms with Crippen molar-refractivity contribution in [2.24, 2.45) is 0 Å². The van der Waals surface area contributed by atoms with E-state index in [1.807, 2.05) is 0 Å². The highest BCUT2D eigenvalue weighted by molar-refractivity contribution is 6.37. The fourth-order valence-corrected chi connectivity index (χ4v) is 8.52. The van der Waals surface area contributed by atoms with E-state index in [-0.39, 0.29) is 0 Å². The molecule has 0 saturated carbocycles. The third kappa shape index (κ3) is 2.61. The van der Waals surface area contributed by atoms with E-state index in [0.29, 0.717) is 5.95 Å². The summed E-state index contributed by atoms with van der Waals surface area (Å²) in [5.74, 6) is 0.686. The second kappa shape index (κ2) is 7.87. The summed E-state index contributed by atoms with van der Waals surface area (Å²) in [6.07, 6.45) is 0. The summed E-state index contributed by atoms with van der Waals surface area (Å²) in [6, 6.07) is 48.3. The predicted octanol–water partition coefficient (Wildman–Crippen LogP) is 10.7. The lowest BCUT2D eigenvalue weighted by Gasteiger charge is -2.12. The number of para-hydroxylation sites is 3. The Balaban J connectivity index is 1.28. The zero-order valence-corrected chi connectivity index (χ0v) is 24.5. The summed E-state index contributed by atoms with van der Waals surface area (Å²) in [5.41, 5.74) is 9.08. The predicted molar refractivity (Wildman–Crippen MR) is 191 cm³/mol. The first-order valence-corrected chi connectivity index (χ1v) is 15.8. The maximum absolute atomic E-state index is 5.41. The van der Waals surface area contributed by atoms with E-state index in [4.69, 9.17) is 9.97 Å². The molecule has 0 saturated heterocycles. The normalized spacial score (nSPS) is 12.8. The molecule has 0 aliphatic rings. The van der Waals surface area contributed by atoms with Crippen molar-refractivity contribution in [1.82, 2.24) is 18.9 Å². The van der Waals surface area contributed by atoms with E-state index in [2.05, 4.69) is 142 Å². The summed E-state index contributed by atoms with van der Waals surface area (Å²) in [5, 5.41) is 13.7. The van der Waals surface area contributed by atoms with E-state index < -0.39 is 0 Å². The molecule has 0 aliphatic heterocycles. The van der Waals surface area contributed by atoms with Gasteiger partial charge in [0.05, 0.1) is 38.8 Å². The number of rotatable bonds is 2. The van der Waals surface area contributed by atoms with Crippen LogP contribution < -0.4 is 0 Å². The Morgan fingerprint density at radius 2 is 1.04 bits per heavy atom. The van der Waals surface area contributed by atoms with Gasteiger partial charge in [0.25, 0.3) is 0 Å². The lowest BCUT2D eigenvalue weighted by atomic mass is 10.0. The Morgan fingerprint density at radius 3 is 1.87 bits per heavy atom. The van der Waals surface area contributed by atoms with E-state index in [9.17, 15) is 0 Å². The molecule has 0 fully saturated rings. The highest BCUT2D eigenvalue weighted by atomic mass is 15.2. The van der Waals surface area contributed by atoms with E-state index >= 15 is 0 Å². The van der Waals surface area contributed by atoms with Crippen LogP contribution in [-0.2, 0) is 0 Å². The number of fused-ring (bicyclic) bond motifs is 5. The van der Waals surface area contributed by atoms with Crippen molar-refractivity contribution >= 4 is 92.3 Å². The van der Waals surface area contributed by atoms with Gasteiger partial charge in [0.2, 0.25) is 5.95 Å². The second-order valence-electron chi connectivity index (χ2n) is 12.6. The zero-order valence-electron chi connectivity index (χ0n) is 24.5. The summed E-state index contributed by atoms with van der Waals surface area (Å²) >= 11 is 0. The minimum absolute atomic E-state index is 0.686. The number of benzene rings is 7. The maximum Gasteiger partial charge on any atom is 0.235 e. The summed E-state index contributed by atoms with van der Waals surface area (Å²) in [6.45, 7) is 0. The molecular weight excluding hydrogens is 560 g/mol. The summed E-state index contributed by atoms with van der Waals surface area (Å²) in [7, 11) is 0. The molecule has 0 spiro atoms. The third-order valence-electron chi connectivity index (χ3n) is 10.4. The number of hydrogen-bond acceptors (Lipinski definition) is 2. The molecule has 210 valence electrons. The van der Waals surface area contributed by atoms with Gasteiger partial charge in [0.15, 0.2) is 0 Å². The van der Waals surface area contributed by atoms with Crippen LogP contribution >= 0.6 is 0 Å². The smallest absolute Gasteiger partial charge is 0.235 e. The van der Waals surface area contributed by atoms with Gasteiger partial charge >= 0.3 is 0 Å². The van der Waals surface area contributed by atoms with Crippen LogP contribution in [0, 0.1) is 0 Å². The molecule has 5 aromatic heterocycles. The molecule has 7 aromatic carbocycles. The molecule has 0 N–H and O–H groups in total. The van der Waals surface area contributed by atoms with Crippen molar-refractivity contribution in [3.8, 4) is 17.2 Å². The highest BCUT2D eigenvalue weighted by Gasteiger charge is 2.27. The van der Waals surface area contributed by atoms with Crippen LogP contribution in [-0.4, -0.2) is 18.9 Å². The molecule has 0 atom stereocenters. The van der Waals surface area contributed by atoms with Crippen LogP contribution in [0.4, 0.5) is 0 Å². The van der Waals surface area contributed by atoms with Gasteiger partial charge in [-0.3, -0.25) is 4.57 Å². The molecule has 5 heterocycles. The SMILES string of the molecule is c1ccc2cc(-c3nc(-n4c5cccc6c7cccc8c9cccc%10c%11ccc4c(c65)c%11n(c78)c9%10)nc4ccccc34)ccc2c1. The first kappa shape index (κ1) is 23.2. The molecule has 0 radical (unpaired) electrons. The summed E-state index contributed by atoms with van der Waals surface area (Å²) < 4.78 is 4.83. The Labute approximate surface area is 261 Å². The minimum atomic E-state index is 0.686.